The van der Waals surface area contributed by atoms with Crippen LogP contribution in [0.15, 0.2) is 78.9 Å². The Hall–Kier alpha value is -3.62. The van der Waals surface area contributed by atoms with Gasteiger partial charge in [-0.25, -0.2) is 0 Å². The second-order valence-corrected chi connectivity index (χ2v) is 7.57. The highest BCUT2D eigenvalue weighted by Crippen LogP contribution is 2.52. The number of fused-ring (bicyclic) bond motifs is 1. The fourth-order valence-corrected chi connectivity index (χ4v) is 4.12. The number of benzene rings is 3. The first-order valence-corrected chi connectivity index (χ1v) is 9.69. The van der Waals surface area contributed by atoms with Crippen molar-refractivity contribution in [3.8, 4) is 11.8 Å². The van der Waals surface area contributed by atoms with Crippen LogP contribution in [0.2, 0.25) is 0 Å². The predicted molar refractivity (Wildman–Crippen MR) is 114 cm³/mol. The van der Waals surface area contributed by atoms with Crippen LogP contribution in [0.3, 0.4) is 0 Å². The second-order valence-electron chi connectivity index (χ2n) is 7.57. The zero-order chi connectivity index (χ0) is 21.4. The number of ether oxygens (including phenoxy) is 1. The van der Waals surface area contributed by atoms with E-state index in [9.17, 15) is 15.2 Å². The quantitative estimate of drug-likeness (QED) is 0.707. The molecule has 0 bridgehead atoms. The molecule has 1 N–H and O–H groups in total. The van der Waals surface area contributed by atoms with Crippen molar-refractivity contribution in [2.45, 2.75) is 24.5 Å². The first-order chi connectivity index (χ1) is 14.5. The number of methoxy groups -OCH3 is 1. The minimum absolute atomic E-state index is 0.289. The Bertz CT molecular complexity index is 1120. The molecule has 3 aromatic carbocycles. The standard InChI is InChI=1S/C25H22N2O3/c1-24(17-26,19-11-7-4-8-12-19)25(29)21-15-20(30-2)13-14-22(21)27(23(25)28)16-18-9-5-3-6-10-18/h3-15,29H,16H2,1-2H3/t24-,25+/m0/s1. The van der Waals surface area contributed by atoms with Crippen LogP contribution in [0.4, 0.5) is 5.69 Å². The van der Waals surface area contributed by atoms with Crippen LogP contribution in [0, 0.1) is 11.3 Å². The molecule has 0 fully saturated rings. The van der Waals surface area contributed by atoms with Crippen LogP contribution in [0.1, 0.15) is 23.6 Å². The number of aliphatic hydroxyl groups is 1. The van der Waals surface area contributed by atoms with E-state index >= 15 is 0 Å². The van der Waals surface area contributed by atoms with Gasteiger partial charge in [0.05, 0.1) is 25.4 Å². The summed E-state index contributed by atoms with van der Waals surface area (Å²) in [5, 5.41) is 22.2. The summed E-state index contributed by atoms with van der Waals surface area (Å²) in [7, 11) is 1.53. The minimum Gasteiger partial charge on any atom is -0.497 e. The number of hydrogen-bond donors (Lipinski definition) is 1. The van der Waals surface area contributed by atoms with Gasteiger partial charge in [-0.2, -0.15) is 5.26 Å². The van der Waals surface area contributed by atoms with Gasteiger partial charge in [0.2, 0.25) is 0 Å². The topological polar surface area (TPSA) is 73.6 Å². The van der Waals surface area contributed by atoms with E-state index in [1.807, 2.05) is 36.4 Å². The molecule has 0 spiro atoms. The lowest BCUT2D eigenvalue weighted by atomic mass is 9.67. The first kappa shape index (κ1) is 19.7. The van der Waals surface area contributed by atoms with Crippen LogP contribution >= 0.6 is 0 Å². The Morgan fingerprint density at radius 1 is 1.07 bits per heavy atom. The van der Waals surface area contributed by atoms with Gasteiger partial charge < -0.3 is 14.7 Å². The lowest BCUT2D eigenvalue weighted by Gasteiger charge is -2.36. The molecule has 0 aromatic heterocycles. The van der Waals surface area contributed by atoms with E-state index in [1.165, 1.54) is 7.11 Å². The van der Waals surface area contributed by atoms with Gasteiger partial charge in [-0.15, -0.1) is 0 Å². The molecule has 3 aromatic rings. The summed E-state index contributed by atoms with van der Waals surface area (Å²) in [4.78, 5) is 15.3. The van der Waals surface area contributed by atoms with Gasteiger partial charge in [0.25, 0.3) is 5.91 Å². The molecule has 1 heterocycles. The van der Waals surface area contributed by atoms with Crippen LogP contribution in [0.25, 0.3) is 0 Å². The fourth-order valence-electron chi connectivity index (χ4n) is 4.12. The molecule has 1 aliphatic heterocycles. The average molecular weight is 398 g/mol. The molecule has 0 radical (unpaired) electrons. The fraction of sp³-hybridized carbons (Fsp3) is 0.200. The lowest BCUT2D eigenvalue weighted by molar-refractivity contribution is -0.141. The summed E-state index contributed by atoms with van der Waals surface area (Å²) in [5.41, 5.74) is -1.13. The Kier molecular flexibility index (Phi) is 4.81. The summed E-state index contributed by atoms with van der Waals surface area (Å²) in [6.45, 7) is 1.90. The Labute approximate surface area is 175 Å². The highest BCUT2D eigenvalue weighted by atomic mass is 16.5. The number of amides is 1. The highest BCUT2D eigenvalue weighted by Gasteiger charge is 2.62. The minimum atomic E-state index is -2.07. The normalized spacial score (nSPS) is 19.7. The van der Waals surface area contributed by atoms with E-state index in [4.69, 9.17) is 4.74 Å². The largest absolute Gasteiger partial charge is 0.497 e. The van der Waals surface area contributed by atoms with Gasteiger partial charge >= 0.3 is 0 Å². The first-order valence-electron chi connectivity index (χ1n) is 9.69. The molecular formula is C25H22N2O3. The maximum Gasteiger partial charge on any atom is 0.266 e. The van der Waals surface area contributed by atoms with Crippen molar-refractivity contribution in [3.63, 3.8) is 0 Å². The molecule has 0 saturated heterocycles. The second kappa shape index (κ2) is 7.33. The highest BCUT2D eigenvalue weighted by molar-refractivity contribution is 6.08. The summed E-state index contributed by atoms with van der Waals surface area (Å²) in [6, 6.07) is 25.9. The maximum atomic E-state index is 13.8. The zero-order valence-electron chi connectivity index (χ0n) is 16.9. The third-order valence-electron chi connectivity index (χ3n) is 5.92. The van der Waals surface area contributed by atoms with Crippen LogP contribution in [-0.2, 0) is 22.4 Å². The summed E-state index contributed by atoms with van der Waals surface area (Å²) >= 11 is 0. The number of nitriles is 1. The number of nitrogens with zero attached hydrogens (tertiary/aromatic N) is 2. The Morgan fingerprint density at radius 3 is 2.30 bits per heavy atom. The van der Waals surface area contributed by atoms with Crippen LogP contribution < -0.4 is 9.64 Å². The monoisotopic (exact) mass is 398 g/mol. The van der Waals surface area contributed by atoms with Crippen molar-refractivity contribution in [1.82, 2.24) is 0 Å². The lowest BCUT2D eigenvalue weighted by Crippen LogP contribution is -2.53. The molecule has 1 aliphatic rings. The van der Waals surface area contributed by atoms with Gasteiger partial charge in [-0.3, -0.25) is 4.79 Å². The van der Waals surface area contributed by atoms with Crippen molar-refractivity contribution in [3.05, 3.63) is 95.6 Å². The summed E-state index contributed by atoms with van der Waals surface area (Å²) < 4.78 is 5.35. The molecule has 4 rings (SSSR count). The van der Waals surface area contributed by atoms with Crippen molar-refractivity contribution >= 4 is 11.6 Å². The molecule has 30 heavy (non-hydrogen) atoms. The van der Waals surface area contributed by atoms with Crippen LogP contribution in [0.5, 0.6) is 5.75 Å². The van der Waals surface area contributed by atoms with Crippen molar-refractivity contribution in [2.75, 3.05) is 12.0 Å². The molecule has 0 unspecified atom stereocenters. The Balaban J connectivity index is 1.92. The van der Waals surface area contributed by atoms with Crippen molar-refractivity contribution < 1.29 is 14.6 Å². The molecule has 150 valence electrons. The number of carbonyl (C=O) groups excluding carboxylic acids is 1. The van der Waals surface area contributed by atoms with Crippen molar-refractivity contribution in [1.29, 1.82) is 5.26 Å². The van der Waals surface area contributed by atoms with E-state index in [0.717, 1.165) is 5.56 Å². The van der Waals surface area contributed by atoms with Gasteiger partial charge in [0, 0.05) is 5.56 Å². The molecule has 5 heteroatoms. The molecule has 1 amide bonds. The zero-order valence-corrected chi connectivity index (χ0v) is 16.9. The van der Waals surface area contributed by atoms with E-state index in [2.05, 4.69) is 6.07 Å². The molecule has 0 aliphatic carbocycles. The molecule has 5 nitrogen and oxygen atoms in total. The number of anilines is 1. The third-order valence-corrected chi connectivity index (χ3v) is 5.92. The van der Waals surface area contributed by atoms with Gasteiger partial charge in [0.1, 0.15) is 11.2 Å². The SMILES string of the molecule is COc1ccc2c(c1)[C@](O)([C@@](C)(C#N)c1ccccc1)C(=O)N2Cc1ccccc1. The third kappa shape index (κ3) is 2.77. The van der Waals surface area contributed by atoms with Crippen molar-refractivity contribution in [2.24, 2.45) is 0 Å². The van der Waals surface area contributed by atoms with Crippen LogP contribution in [-0.4, -0.2) is 18.1 Å². The Morgan fingerprint density at radius 2 is 1.70 bits per heavy atom. The van der Waals surface area contributed by atoms with E-state index in [0.29, 0.717) is 22.6 Å². The predicted octanol–water partition coefficient (Wildman–Crippen LogP) is 3.91. The van der Waals surface area contributed by atoms with Gasteiger partial charge in [-0.1, -0.05) is 60.7 Å². The van der Waals surface area contributed by atoms with E-state index in [-0.39, 0.29) is 6.54 Å². The van der Waals surface area contributed by atoms with E-state index < -0.39 is 16.9 Å². The summed E-state index contributed by atoms with van der Waals surface area (Å²) in [5.74, 6) is -0.0163. The smallest absolute Gasteiger partial charge is 0.266 e. The number of carbonyl (C=O) groups is 1. The molecule has 0 saturated carbocycles. The molecule has 2 atom stereocenters. The number of hydrogen-bond acceptors (Lipinski definition) is 4. The average Bonchev–Trinajstić information content (AvgIpc) is 3.02. The van der Waals surface area contributed by atoms with Gasteiger partial charge in [0.15, 0.2) is 5.60 Å². The number of rotatable bonds is 5. The molecular weight excluding hydrogens is 376 g/mol. The van der Waals surface area contributed by atoms with E-state index in [1.54, 1.807) is 54.3 Å². The summed E-state index contributed by atoms with van der Waals surface area (Å²) in [6.07, 6.45) is 0. The maximum absolute atomic E-state index is 13.8. The van der Waals surface area contributed by atoms with Gasteiger partial charge in [-0.05, 0) is 36.2 Å².